The number of hydrogen-bond donors (Lipinski definition) is 3. The van der Waals surface area contributed by atoms with Crippen molar-refractivity contribution in [1.29, 1.82) is 0 Å². The van der Waals surface area contributed by atoms with Crippen LogP contribution >= 0.6 is 0 Å². The SMILES string of the molecule is Nc1ccn(C2(O)CC[C@@H](CO)O2)c(=O)n1. The summed E-state index contributed by atoms with van der Waals surface area (Å²) in [4.78, 5) is 15.0. The Hall–Kier alpha value is -1.44. The summed E-state index contributed by atoms with van der Waals surface area (Å²) in [6.07, 6.45) is 1.56. The Morgan fingerprint density at radius 1 is 1.75 bits per heavy atom. The Morgan fingerprint density at radius 3 is 3.06 bits per heavy atom. The van der Waals surface area contributed by atoms with Gasteiger partial charge in [0.1, 0.15) is 5.82 Å². The van der Waals surface area contributed by atoms with Crippen LogP contribution in [0.5, 0.6) is 0 Å². The average molecular weight is 227 g/mol. The lowest BCUT2D eigenvalue weighted by molar-refractivity contribution is -0.258. The molecule has 0 saturated carbocycles. The number of aliphatic hydroxyl groups excluding tert-OH is 1. The molecule has 1 unspecified atom stereocenters. The largest absolute Gasteiger partial charge is 0.394 e. The Morgan fingerprint density at radius 2 is 2.50 bits per heavy atom. The smallest absolute Gasteiger partial charge is 0.353 e. The quantitative estimate of drug-likeness (QED) is 0.573. The number of nitrogens with two attached hydrogens (primary N) is 1. The second-order valence-electron chi connectivity index (χ2n) is 3.71. The highest BCUT2D eigenvalue weighted by Crippen LogP contribution is 2.30. The molecular formula is C9H13N3O4. The summed E-state index contributed by atoms with van der Waals surface area (Å²) in [6.45, 7) is -0.195. The maximum atomic E-state index is 11.5. The maximum absolute atomic E-state index is 11.5. The zero-order valence-electron chi connectivity index (χ0n) is 8.54. The Balaban J connectivity index is 2.34. The van der Waals surface area contributed by atoms with Gasteiger partial charge in [-0.3, -0.25) is 0 Å². The molecule has 0 aliphatic carbocycles. The number of rotatable bonds is 2. The Kier molecular flexibility index (Phi) is 2.66. The van der Waals surface area contributed by atoms with Gasteiger partial charge in [0, 0.05) is 12.6 Å². The van der Waals surface area contributed by atoms with Crippen LogP contribution in [0.2, 0.25) is 0 Å². The van der Waals surface area contributed by atoms with Gasteiger partial charge in [0.2, 0.25) is 0 Å². The van der Waals surface area contributed by atoms with Crippen molar-refractivity contribution in [3.05, 3.63) is 22.7 Å². The molecule has 2 atom stereocenters. The van der Waals surface area contributed by atoms with Crippen molar-refractivity contribution in [3.8, 4) is 0 Å². The molecule has 1 saturated heterocycles. The number of hydrogen-bond acceptors (Lipinski definition) is 6. The Bertz CT molecular complexity index is 447. The van der Waals surface area contributed by atoms with E-state index in [1.54, 1.807) is 0 Å². The van der Waals surface area contributed by atoms with Gasteiger partial charge < -0.3 is 20.7 Å². The third-order valence-corrected chi connectivity index (χ3v) is 2.55. The molecule has 1 fully saturated rings. The van der Waals surface area contributed by atoms with E-state index in [2.05, 4.69) is 4.98 Å². The number of nitrogens with zero attached hydrogens (tertiary/aromatic N) is 2. The van der Waals surface area contributed by atoms with Crippen molar-refractivity contribution in [2.45, 2.75) is 24.9 Å². The molecule has 16 heavy (non-hydrogen) atoms. The molecule has 88 valence electrons. The molecule has 7 heteroatoms. The van der Waals surface area contributed by atoms with E-state index in [9.17, 15) is 9.90 Å². The molecule has 4 N–H and O–H groups in total. The monoisotopic (exact) mass is 227 g/mol. The first-order valence-corrected chi connectivity index (χ1v) is 4.92. The van der Waals surface area contributed by atoms with E-state index >= 15 is 0 Å². The van der Waals surface area contributed by atoms with Crippen molar-refractivity contribution in [1.82, 2.24) is 9.55 Å². The summed E-state index contributed by atoms with van der Waals surface area (Å²) in [5.74, 6) is -1.65. The first-order valence-electron chi connectivity index (χ1n) is 4.92. The molecule has 2 heterocycles. The van der Waals surface area contributed by atoms with Gasteiger partial charge in [-0.15, -0.1) is 0 Å². The predicted octanol–water partition coefficient (Wildman–Crippen LogP) is -1.40. The standard InChI is InChI=1S/C9H13N3O4/c10-7-2-4-12(8(14)11-7)9(15)3-1-6(5-13)16-9/h2,4,6,13,15H,1,3,5H2,(H2,10,11,14)/t6-,9?/m0/s1. The van der Waals surface area contributed by atoms with Crippen molar-refractivity contribution in [2.24, 2.45) is 0 Å². The Labute approximate surface area is 91.1 Å². The maximum Gasteiger partial charge on any atom is 0.353 e. The summed E-state index contributed by atoms with van der Waals surface area (Å²) < 4.78 is 6.16. The minimum Gasteiger partial charge on any atom is -0.394 e. The van der Waals surface area contributed by atoms with Crippen LogP contribution in [0.3, 0.4) is 0 Å². The van der Waals surface area contributed by atoms with Gasteiger partial charge in [-0.1, -0.05) is 0 Å². The van der Waals surface area contributed by atoms with Crippen molar-refractivity contribution >= 4 is 5.82 Å². The van der Waals surface area contributed by atoms with Gasteiger partial charge in [0.15, 0.2) is 0 Å². The van der Waals surface area contributed by atoms with Crippen LogP contribution < -0.4 is 11.4 Å². The number of aliphatic hydroxyl groups is 2. The van der Waals surface area contributed by atoms with Gasteiger partial charge in [-0.2, -0.15) is 4.98 Å². The van der Waals surface area contributed by atoms with Crippen LogP contribution in [0.25, 0.3) is 0 Å². The number of aromatic nitrogens is 2. The molecule has 0 spiro atoms. The first-order chi connectivity index (χ1) is 7.55. The molecule has 0 aromatic carbocycles. The zero-order chi connectivity index (χ0) is 11.8. The average Bonchev–Trinajstić information content (AvgIpc) is 2.61. The fourth-order valence-corrected chi connectivity index (χ4v) is 1.72. The van der Waals surface area contributed by atoms with Crippen molar-refractivity contribution in [2.75, 3.05) is 12.3 Å². The molecule has 1 aromatic rings. The lowest BCUT2D eigenvalue weighted by Crippen LogP contribution is -2.42. The molecule has 1 aliphatic rings. The van der Waals surface area contributed by atoms with Crippen LogP contribution in [0.15, 0.2) is 17.1 Å². The first kappa shape index (κ1) is 11.1. The third kappa shape index (κ3) is 1.80. The number of nitrogen functional groups attached to an aromatic ring is 1. The molecule has 0 bridgehead atoms. The summed E-state index contributed by atoms with van der Waals surface area (Å²) >= 11 is 0. The molecular weight excluding hydrogens is 214 g/mol. The van der Waals surface area contributed by atoms with Crippen LogP contribution in [0.1, 0.15) is 12.8 Å². The topological polar surface area (TPSA) is 111 Å². The minimum atomic E-state index is -1.73. The van der Waals surface area contributed by atoms with E-state index in [4.69, 9.17) is 15.6 Å². The van der Waals surface area contributed by atoms with Gasteiger partial charge in [-0.25, -0.2) is 9.36 Å². The molecule has 2 rings (SSSR count). The lowest BCUT2D eigenvalue weighted by Gasteiger charge is -2.24. The highest BCUT2D eigenvalue weighted by Gasteiger charge is 2.40. The van der Waals surface area contributed by atoms with Gasteiger partial charge in [0.05, 0.1) is 12.7 Å². The van der Waals surface area contributed by atoms with Crippen LogP contribution in [-0.2, 0) is 10.6 Å². The summed E-state index contributed by atoms with van der Waals surface area (Å²) in [5.41, 5.74) is 4.66. The van der Waals surface area contributed by atoms with Crippen LogP contribution in [0, 0.1) is 0 Å². The van der Waals surface area contributed by atoms with Gasteiger partial charge in [0.25, 0.3) is 5.91 Å². The van der Waals surface area contributed by atoms with E-state index in [0.717, 1.165) is 4.57 Å². The van der Waals surface area contributed by atoms with Crippen LogP contribution in [-0.4, -0.2) is 32.5 Å². The number of ether oxygens (including phenoxy) is 1. The summed E-state index contributed by atoms with van der Waals surface area (Å²) in [5, 5.41) is 19.0. The lowest BCUT2D eigenvalue weighted by atomic mass is 10.2. The molecule has 0 amide bonds. The summed E-state index contributed by atoms with van der Waals surface area (Å²) in [6, 6.07) is 1.40. The van der Waals surface area contributed by atoms with Crippen LogP contribution in [0.4, 0.5) is 5.82 Å². The normalized spacial score (nSPS) is 29.5. The zero-order valence-corrected chi connectivity index (χ0v) is 8.54. The van der Waals surface area contributed by atoms with E-state index in [0.29, 0.717) is 6.42 Å². The van der Waals surface area contributed by atoms with Crippen molar-refractivity contribution < 1.29 is 14.9 Å². The fourth-order valence-electron chi connectivity index (χ4n) is 1.72. The van der Waals surface area contributed by atoms with E-state index < -0.39 is 17.7 Å². The highest BCUT2D eigenvalue weighted by atomic mass is 16.7. The fraction of sp³-hybridized carbons (Fsp3) is 0.556. The number of anilines is 1. The van der Waals surface area contributed by atoms with E-state index in [-0.39, 0.29) is 18.8 Å². The van der Waals surface area contributed by atoms with E-state index in [1.165, 1.54) is 12.3 Å². The third-order valence-electron chi connectivity index (χ3n) is 2.55. The second-order valence-corrected chi connectivity index (χ2v) is 3.71. The molecule has 0 radical (unpaired) electrons. The van der Waals surface area contributed by atoms with Gasteiger partial charge >= 0.3 is 5.69 Å². The second kappa shape index (κ2) is 3.85. The molecule has 7 nitrogen and oxygen atoms in total. The molecule has 1 aromatic heterocycles. The highest BCUT2D eigenvalue weighted by molar-refractivity contribution is 5.23. The predicted molar refractivity (Wildman–Crippen MR) is 54.3 cm³/mol. The van der Waals surface area contributed by atoms with Gasteiger partial charge in [-0.05, 0) is 12.5 Å². The molecule has 1 aliphatic heterocycles. The summed E-state index contributed by atoms with van der Waals surface area (Å²) in [7, 11) is 0. The van der Waals surface area contributed by atoms with Crippen molar-refractivity contribution in [3.63, 3.8) is 0 Å². The minimum absolute atomic E-state index is 0.0848. The van der Waals surface area contributed by atoms with E-state index in [1.807, 2.05) is 0 Å².